The predicted molar refractivity (Wildman–Crippen MR) is 80.0 cm³/mol. The minimum Gasteiger partial charge on any atom is -0.870 e. The second-order valence-electron chi connectivity index (χ2n) is 5.40. The fourth-order valence-corrected chi connectivity index (χ4v) is 3.20. The quantitative estimate of drug-likeness (QED) is 0.504. The van der Waals surface area contributed by atoms with Crippen LogP contribution in [0.5, 0.6) is 11.5 Å². The molecule has 0 fully saturated rings. The number of carbonyl (C=O) groups excluding carboxylic acids is 1. The van der Waals surface area contributed by atoms with E-state index in [-0.39, 0.29) is 11.5 Å². The maximum atomic E-state index is 12.8. The molecule has 0 saturated carbocycles. The summed E-state index contributed by atoms with van der Waals surface area (Å²) < 4.78 is 7.00. The highest BCUT2D eigenvalue weighted by Crippen LogP contribution is 2.46. The van der Waals surface area contributed by atoms with Gasteiger partial charge in [-0.15, -0.1) is 0 Å². The van der Waals surface area contributed by atoms with Crippen LogP contribution in [-0.2, 0) is 7.05 Å². The number of carbonyl (C=O) groups is 1. The van der Waals surface area contributed by atoms with E-state index in [1.807, 2.05) is 37.5 Å². The molecule has 0 aliphatic heterocycles. The van der Waals surface area contributed by atoms with Crippen molar-refractivity contribution in [3.05, 3.63) is 53.9 Å². The van der Waals surface area contributed by atoms with Crippen LogP contribution in [0.1, 0.15) is 16.1 Å². The molecule has 108 valence electrons. The number of aryl methyl sites for hydroxylation is 1. The molecule has 22 heavy (non-hydrogen) atoms. The van der Waals surface area contributed by atoms with Crippen molar-refractivity contribution in [2.75, 3.05) is 7.11 Å². The topological polar surface area (TPSA) is 53.2 Å². The molecule has 1 aliphatic carbocycles. The van der Waals surface area contributed by atoms with Crippen LogP contribution < -0.4 is 14.4 Å². The Bertz CT molecular complexity index is 960. The smallest absolute Gasteiger partial charge is 0.261 e. The number of ether oxygens (including phenoxy) is 1. The lowest BCUT2D eigenvalue weighted by Crippen LogP contribution is -2.37. The number of rotatable bonds is 1. The molecule has 1 aromatic heterocycles. The van der Waals surface area contributed by atoms with Crippen molar-refractivity contribution in [2.24, 2.45) is 7.05 Å². The third-order valence-electron chi connectivity index (χ3n) is 4.22. The van der Waals surface area contributed by atoms with Gasteiger partial charge in [-0.25, -0.2) is 0 Å². The van der Waals surface area contributed by atoms with E-state index < -0.39 is 0 Å². The third kappa shape index (κ3) is 1.46. The number of aromatic nitrogens is 1. The first-order valence-electron chi connectivity index (χ1n) is 6.98. The zero-order valence-corrected chi connectivity index (χ0v) is 12.2. The summed E-state index contributed by atoms with van der Waals surface area (Å²) in [7, 11) is 3.30. The fraction of sp³-hybridized carbons (Fsp3) is 0.111. The highest BCUT2D eigenvalue weighted by Gasteiger charge is 2.32. The van der Waals surface area contributed by atoms with E-state index >= 15 is 0 Å². The van der Waals surface area contributed by atoms with Crippen LogP contribution in [0.4, 0.5) is 0 Å². The molecule has 2 aromatic carbocycles. The van der Waals surface area contributed by atoms with Crippen molar-refractivity contribution in [3.63, 3.8) is 0 Å². The standard InChI is InChI=1S/C18H13NO3/c1-19-8-7-10-9-13(22-2)18(21)15-11-5-3-4-6-12(11)17(20)16(19)14(10)15/h3-9H,1-2H3. The summed E-state index contributed by atoms with van der Waals surface area (Å²) in [5.41, 5.74) is 2.34. The Labute approximate surface area is 127 Å². The van der Waals surface area contributed by atoms with Gasteiger partial charge in [0, 0.05) is 11.6 Å². The van der Waals surface area contributed by atoms with Crippen LogP contribution in [0.25, 0.3) is 21.9 Å². The average Bonchev–Trinajstić information content (AvgIpc) is 2.54. The Hall–Kier alpha value is -2.88. The molecule has 4 nitrogen and oxygen atoms in total. The summed E-state index contributed by atoms with van der Waals surface area (Å²) in [6.45, 7) is 0. The van der Waals surface area contributed by atoms with Crippen molar-refractivity contribution in [1.29, 1.82) is 0 Å². The second kappa shape index (κ2) is 4.31. The average molecular weight is 291 g/mol. The molecule has 0 atom stereocenters. The Balaban J connectivity index is 2.31. The number of fused-ring (bicyclic) bond motifs is 2. The van der Waals surface area contributed by atoms with Gasteiger partial charge in [-0.2, -0.15) is 4.57 Å². The zero-order valence-electron chi connectivity index (χ0n) is 12.2. The largest absolute Gasteiger partial charge is 0.870 e. The number of methoxy groups -OCH3 is 1. The number of benzene rings is 2. The van der Waals surface area contributed by atoms with Crippen LogP contribution in [0, 0.1) is 0 Å². The fourth-order valence-electron chi connectivity index (χ4n) is 3.20. The maximum Gasteiger partial charge on any atom is 0.261 e. The first kappa shape index (κ1) is 12.8. The SMILES string of the molecule is COc1cc2cc[n+](C)c3c2c(c1[O-])-c1ccccc1C3=O. The number of nitrogens with zero attached hydrogens (tertiary/aromatic N) is 1. The number of hydrogen-bond donors (Lipinski definition) is 0. The normalized spacial score (nSPS) is 12.4. The molecular formula is C18H13NO3. The van der Waals surface area contributed by atoms with Crippen LogP contribution >= 0.6 is 0 Å². The van der Waals surface area contributed by atoms with Gasteiger partial charge in [0.25, 0.3) is 11.5 Å². The lowest BCUT2D eigenvalue weighted by atomic mass is 9.84. The summed E-state index contributed by atoms with van der Waals surface area (Å²) in [6.07, 6.45) is 1.83. The molecule has 0 unspecified atom stereocenters. The molecule has 0 radical (unpaired) electrons. The predicted octanol–water partition coefficient (Wildman–Crippen LogP) is 1.96. The van der Waals surface area contributed by atoms with Crippen LogP contribution in [-0.4, -0.2) is 12.9 Å². The van der Waals surface area contributed by atoms with Gasteiger partial charge < -0.3 is 9.84 Å². The van der Waals surface area contributed by atoms with E-state index in [9.17, 15) is 9.90 Å². The number of pyridine rings is 1. The number of hydrogen-bond acceptors (Lipinski definition) is 3. The van der Waals surface area contributed by atoms with Gasteiger partial charge >= 0.3 is 0 Å². The lowest BCUT2D eigenvalue weighted by molar-refractivity contribution is -0.671. The summed E-state index contributed by atoms with van der Waals surface area (Å²) in [4.78, 5) is 12.8. The van der Waals surface area contributed by atoms with Gasteiger partial charge in [-0.3, -0.25) is 4.79 Å². The van der Waals surface area contributed by atoms with Gasteiger partial charge in [0.15, 0.2) is 6.20 Å². The molecule has 0 amide bonds. The maximum absolute atomic E-state index is 12.8. The van der Waals surface area contributed by atoms with E-state index in [0.717, 1.165) is 5.39 Å². The van der Waals surface area contributed by atoms with Crippen LogP contribution in [0.2, 0.25) is 0 Å². The molecule has 3 aromatic rings. The van der Waals surface area contributed by atoms with E-state index in [2.05, 4.69) is 0 Å². The van der Waals surface area contributed by atoms with E-state index in [1.54, 1.807) is 16.7 Å². The van der Waals surface area contributed by atoms with Crippen molar-refractivity contribution < 1.29 is 19.2 Å². The highest BCUT2D eigenvalue weighted by atomic mass is 16.5. The van der Waals surface area contributed by atoms with Gasteiger partial charge in [0.1, 0.15) is 12.8 Å². The molecule has 1 heterocycles. The minimum atomic E-state index is -0.178. The summed E-state index contributed by atoms with van der Waals surface area (Å²) >= 11 is 0. The summed E-state index contributed by atoms with van der Waals surface area (Å²) in [5, 5.41) is 14.3. The van der Waals surface area contributed by atoms with Gasteiger partial charge in [-0.1, -0.05) is 30.0 Å². The first-order chi connectivity index (χ1) is 10.6. The van der Waals surface area contributed by atoms with Gasteiger partial charge in [0.2, 0.25) is 0 Å². The van der Waals surface area contributed by atoms with Crippen molar-refractivity contribution in [1.82, 2.24) is 0 Å². The second-order valence-corrected chi connectivity index (χ2v) is 5.40. The minimum absolute atomic E-state index is 0.0548. The van der Waals surface area contributed by atoms with Crippen LogP contribution in [0.3, 0.4) is 0 Å². The van der Waals surface area contributed by atoms with Crippen molar-refractivity contribution in [2.45, 2.75) is 0 Å². The van der Waals surface area contributed by atoms with E-state index in [1.165, 1.54) is 7.11 Å². The Morgan fingerprint density at radius 3 is 2.59 bits per heavy atom. The molecule has 0 N–H and O–H groups in total. The molecule has 4 heteroatoms. The lowest BCUT2D eigenvalue weighted by Gasteiger charge is -2.25. The Morgan fingerprint density at radius 1 is 1.14 bits per heavy atom. The van der Waals surface area contributed by atoms with Crippen molar-refractivity contribution >= 4 is 16.6 Å². The van der Waals surface area contributed by atoms with Gasteiger partial charge in [0.05, 0.1) is 12.5 Å². The monoisotopic (exact) mass is 291 g/mol. The summed E-state index contributed by atoms with van der Waals surface area (Å²) in [5.74, 6) is 0.0645. The van der Waals surface area contributed by atoms with Crippen molar-refractivity contribution in [3.8, 4) is 22.6 Å². The third-order valence-corrected chi connectivity index (χ3v) is 4.22. The zero-order chi connectivity index (χ0) is 15.4. The molecule has 4 rings (SSSR count). The molecule has 1 aliphatic rings. The molecule has 0 bridgehead atoms. The molecule has 0 spiro atoms. The Kier molecular flexibility index (Phi) is 2.51. The summed E-state index contributed by atoms with van der Waals surface area (Å²) in [6, 6.07) is 10.8. The Morgan fingerprint density at radius 2 is 1.86 bits per heavy atom. The van der Waals surface area contributed by atoms with E-state index in [4.69, 9.17) is 4.74 Å². The van der Waals surface area contributed by atoms with Crippen LogP contribution in [0.15, 0.2) is 42.6 Å². The molecular weight excluding hydrogens is 278 g/mol. The molecule has 0 saturated heterocycles. The first-order valence-corrected chi connectivity index (χ1v) is 6.98. The number of ketones is 1. The van der Waals surface area contributed by atoms with Gasteiger partial charge in [-0.05, 0) is 22.6 Å². The highest BCUT2D eigenvalue weighted by molar-refractivity contribution is 6.25. The van der Waals surface area contributed by atoms with E-state index in [0.29, 0.717) is 33.5 Å².